The molecule has 0 aliphatic rings. The molecule has 1 heterocycles. The van der Waals surface area contributed by atoms with E-state index in [1.54, 1.807) is 25.4 Å². The van der Waals surface area contributed by atoms with Crippen LogP contribution in [0.5, 0.6) is 5.75 Å². The maximum absolute atomic E-state index is 10.3. The number of hydrogen-bond donors (Lipinski definition) is 2. The van der Waals surface area contributed by atoms with Gasteiger partial charge in [-0.3, -0.25) is 4.79 Å². The van der Waals surface area contributed by atoms with Gasteiger partial charge in [0.05, 0.1) is 7.11 Å². The molecule has 0 saturated heterocycles. The van der Waals surface area contributed by atoms with Gasteiger partial charge >= 0.3 is 5.97 Å². The maximum atomic E-state index is 10.3. The molecular formula is C11H16N2O3. The number of rotatable bonds is 7. The Kier molecular flexibility index (Phi) is 5.11. The van der Waals surface area contributed by atoms with Crippen LogP contribution in [0.2, 0.25) is 0 Å². The molecule has 0 radical (unpaired) electrons. The summed E-state index contributed by atoms with van der Waals surface area (Å²) in [5.41, 5.74) is 0. The van der Waals surface area contributed by atoms with Gasteiger partial charge in [0.15, 0.2) is 0 Å². The molecule has 0 saturated carbocycles. The lowest BCUT2D eigenvalue weighted by Crippen LogP contribution is -2.04. The van der Waals surface area contributed by atoms with E-state index in [2.05, 4.69) is 10.3 Å². The number of hydrogen-bond acceptors (Lipinski definition) is 4. The normalized spacial score (nSPS) is 9.81. The fraction of sp³-hybridized carbons (Fsp3) is 0.455. The molecule has 0 bridgehead atoms. The molecular weight excluding hydrogens is 208 g/mol. The summed E-state index contributed by atoms with van der Waals surface area (Å²) in [7, 11) is 1.60. The third-order valence-electron chi connectivity index (χ3n) is 2.09. The van der Waals surface area contributed by atoms with Crippen LogP contribution in [0.4, 0.5) is 5.82 Å². The number of carbonyl (C=O) groups is 1. The SMILES string of the molecule is COc1ccnc(NCCCCC(=O)O)c1. The monoisotopic (exact) mass is 224 g/mol. The van der Waals surface area contributed by atoms with E-state index in [0.29, 0.717) is 13.0 Å². The van der Waals surface area contributed by atoms with Crippen molar-refractivity contribution in [3.05, 3.63) is 18.3 Å². The molecule has 1 aromatic rings. The second-order valence-corrected chi connectivity index (χ2v) is 3.36. The maximum Gasteiger partial charge on any atom is 0.303 e. The number of pyridine rings is 1. The second kappa shape index (κ2) is 6.66. The smallest absolute Gasteiger partial charge is 0.303 e. The van der Waals surface area contributed by atoms with E-state index in [1.807, 2.05) is 0 Å². The molecule has 0 unspecified atom stereocenters. The molecule has 5 heteroatoms. The third-order valence-corrected chi connectivity index (χ3v) is 2.09. The highest BCUT2D eigenvalue weighted by Gasteiger charge is 1.98. The number of aliphatic carboxylic acids is 1. The zero-order chi connectivity index (χ0) is 11.8. The first-order valence-electron chi connectivity index (χ1n) is 5.18. The van der Waals surface area contributed by atoms with Gasteiger partial charge in [0, 0.05) is 25.2 Å². The van der Waals surface area contributed by atoms with Gasteiger partial charge < -0.3 is 15.2 Å². The zero-order valence-electron chi connectivity index (χ0n) is 9.27. The van der Waals surface area contributed by atoms with Crippen LogP contribution in [0.15, 0.2) is 18.3 Å². The van der Waals surface area contributed by atoms with Crippen LogP contribution in [-0.4, -0.2) is 29.7 Å². The highest BCUT2D eigenvalue weighted by Crippen LogP contribution is 2.13. The Labute approximate surface area is 94.5 Å². The minimum Gasteiger partial charge on any atom is -0.497 e. The van der Waals surface area contributed by atoms with Crippen molar-refractivity contribution in [2.75, 3.05) is 19.0 Å². The van der Waals surface area contributed by atoms with Crippen molar-refractivity contribution in [1.29, 1.82) is 0 Å². The number of ether oxygens (including phenoxy) is 1. The predicted molar refractivity (Wildman–Crippen MR) is 60.8 cm³/mol. The summed E-state index contributed by atoms with van der Waals surface area (Å²) in [6.07, 6.45) is 3.36. The number of unbranched alkanes of at least 4 members (excludes halogenated alkanes) is 1. The number of carboxylic acid groups (broad SMARTS) is 1. The quantitative estimate of drug-likeness (QED) is 0.690. The molecule has 0 fully saturated rings. The molecule has 0 amide bonds. The summed E-state index contributed by atoms with van der Waals surface area (Å²) in [6, 6.07) is 3.58. The Morgan fingerprint density at radius 3 is 3.06 bits per heavy atom. The predicted octanol–water partition coefficient (Wildman–Crippen LogP) is 1.76. The average Bonchev–Trinajstić information content (AvgIpc) is 2.28. The van der Waals surface area contributed by atoms with E-state index in [-0.39, 0.29) is 6.42 Å². The number of nitrogens with zero attached hydrogens (tertiary/aromatic N) is 1. The fourth-order valence-electron chi connectivity index (χ4n) is 1.25. The van der Waals surface area contributed by atoms with Crippen molar-refractivity contribution >= 4 is 11.8 Å². The molecule has 1 rings (SSSR count). The van der Waals surface area contributed by atoms with E-state index < -0.39 is 5.97 Å². The molecule has 0 aromatic carbocycles. The van der Waals surface area contributed by atoms with Crippen LogP contribution in [0, 0.1) is 0 Å². The van der Waals surface area contributed by atoms with Gasteiger partial charge in [0.25, 0.3) is 0 Å². The molecule has 0 aliphatic heterocycles. The Hall–Kier alpha value is -1.78. The van der Waals surface area contributed by atoms with Gasteiger partial charge in [-0.25, -0.2) is 4.98 Å². The van der Waals surface area contributed by atoms with E-state index in [4.69, 9.17) is 9.84 Å². The van der Waals surface area contributed by atoms with Gasteiger partial charge in [-0.05, 0) is 18.9 Å². The van der Waals surface area contributed by atoms with Crippen LogP contribution in [0.3, 0.4) is 0 Å². The molecule has 2 N–H and O–H groups in total. The Morgan fingerprint density at radius 1 is 1.56 bits per heavy atom. The number of aromatic nitrogens is 1. The molecule has 1 aromatic heterocycles. The lowest BCUT2D eigenvalue weighted by Gasteiger charge is -2.06. The summed E-state index contributed by atoms with van der Waals surface area (Å²) < 4.78 is 5.06. The standard InChI is InChI=1S/C11H16N2O3/c1-16-9-5-7-13-10(8-9)12-6-3-2-4-11(14)15/h5,7-8H,2-4,6H2,1H3,(H,12,13)(H,14,15). The molecule has 0 spiro atoms. The van der Waals surface area contributed by atoms with Gasteiger partial charge in [-0.1, -0.05) is 0 Å². The van der Waals surface area contributed by atoms with Crippen LogP contribution in [-0.2, 0) is 4.79 Å². The molecule has 88 valence electrons. The first-order valence-corrected chi connectivity index (χ1v) is 5.18. The molecule has 0 atom stereocenters. The van der Waals surface area contributed by atoms with Crippen LogP contribution < -0.4 is 10.1 Å². The molecule has 16 heavy (non-hydrogen) atoms. The summed E-state index contributed by atoms with van der Waals surface area (Å²) in [5, 5.41) is 11.6. The highest BCUT2D eigenvalue weighted by molar-refractivity contribution is 5.66. The Morgan fingerprint density at radius 2 is 2.38 bits per heavy atom. The van der Waals surface area contributed by atoms with Crippen molar-refractivity contribution in [3.63, 3.8) is 0 Å². The highest BCUT2D eigenvalue weighted by atomic mass is 16.5. The van der Waals surface area contributed by atoms with E-state index in [1.165, 1.54) is 0 Å². The summed E-state index contributed by atoms with van der Waals surface area (Å²) in [5.74, 6) is 0.747. The minimum atomic E-state index is -0.750. The minimum absolute atomic E-state index is 0.215. The number of anilines is 1. The summed E-state index contributed by atoms with van der Waals surface area (Å²) >= 11 is 0. The van der Waals surface area contributed by atoms with Crippen LogP contribution in [0.25, 0.3) is 0 Å². The fourth-order valence-corrected chi connectivity index (χ4v) is 1.25. The third kappa shape index (κ3) is 4.63. The van der Waals surface area contributed by atoms with E-state index in [0.717, 1.165) is 18.0 Å². The number of carboxylic acids is 1. The molecule has 5 nitrogen and oxygen atoms in total. The number of methoxy groups -OCH3 is 1. The van der Waals surface area contributed by atoms with Crippen molar-refractivity contribution in [2.45, 2.75) is 19.3 Å². The van der Waals surface area contributed by atoms with Gasteiger partial charge in [-0.15, -0.1) is 0 Å². The van der Waals surface area contributed by atoms with Gasteiger partial charge in [0.2, 0.25) is 0 Å². The van der Waals surface area contributed by atoms with Crippen molar-refractivity contribution < 1.29 is 14.6 Å². The Bertz CT molecular complexity index is 342. The van der Waals surface area contributed by atoms with Crippen molar-refractivity contribution in [3.8, 4) is 5.75 Å². The zero-order valence-corrected chi connectivity index (χ0v) is 9.27. The average molecular weight is 224 g/mol. The second-order valence-electron chi connectivity index (χ2n) is 3.36. The van der Waals surface area contributed by atoms with Gasteiger partial charge in [0.1, 0.15) is 11.6 Å². The first kappa shape index (κ1) is 12.3. The van der Waals surface area contributed by atoms with Crippen molar-refractivity contribution in [1.82, 2.24) is 4.98 Å². The van der Waals surface area contributed by atoms with Crippen LogP contribution >= 0.6 is 0 Å². The lowest BCUT2D eigenvalue weighted by molar-refractivity contribution is -0.137. The van der Waals surface area contributed by atoms with Crippen molar-refractivity contribution in [2.24, 2.45) is 0 Å². The lowest BCUT2D eigenvalue weighted by atomic mass is 10.2. The summed E-state index contributed by atoms with van der Waals surface area (Å²) in [4.78, 5) is 14.4. The Balaban J connectivity index is 2.23. The first-order chi connectivity index (χ1) is 7.72. The molecule has 0 aliphatic carbocycles. The topological polar surface area (TPSA) is 71.5 Å². The summed E-state index contributed by atoms with van der Waals surface area (Å²) in [6.45, 7) is 0.716. The van der Waals surface area contributed by atoms with Gasteiger partial charge in [-0.2, -0.15) is 0 Å². The van der Waals surface area contributed by atoms with Crippen LogP contribution in [0.1, 0.15) is 19.3 Å². The van der Waals surface area contributed by atoms with E-state index in [9.17, 15) is 4.79 Å². The largest absolute Gasteiger partial charge is 0.497 e. The van der Waals surface area contributed by atoms with E-state index >= 15 is 0 Å². The number of nitrogens with one attached hydrogen (secondary N) is 1.